The summed E-state index contributed by atoms with van der Waals surface area (Å²) < 4.78 is 13.6. The average Bonchev–Trinajstić information content (AvgIpc) is 2.81. The molecular formula is C13H11FINOS. The Kier molecular flexibility index (Phi) is 4.34. The number of anilines is 1. The first kappa shape index (κ1) is 13.5. The largest absolute Gasteiger partial charge is 0.320 e. The molecule has 0 saturated carbocycles. The minimum Gasteiger partial charge on any atom is -0.320 e. The van der Waals surface area contributed by atoms with Crippen molar-refractivity contribution in [1.82, 2.24) is 0 Å². The Morgan fingerprint density at radius 2 is 2.17 bits per heavy atom. The Hall–Kier alpha value is -0.950. The Balaban J connectivity index is 2.16. The lowest BCUT2D eigenvalue weighted by Gasteiger charge is -2.05. The second-order valence-corrected chi connectivity index (χ2v) is 6.03. The fourth-order valence-corrected chi connectivity index (χ4v) is 2.92. The van der Waals surface area contributed by atoms with Crippen molar-refractivity contribution in [3.8, 4) is 0 Å². The molecule has 2 rings (SSSR count). The molecule has 1 amide bonds. The fraction of sp³-hybridized carbons (Fsp3) is 0.154. The summed E-state index contributed by atoms with van der Waals surface area (Å²) in [5.74, 6) is -0.453. The molecule has 94 valence electrons. The molecule has 1 aromatic heterocycles. The Morgan fingerprint density at radius 1 is 1.39 bits per heavy atom. The van der Waals surface area contributed by atoms with Crippen LogP contribution in [0.25, 0.3) is 0 Å². The van der Waals surface area contributed by atoms with Crippen LogP contribution in [0, 0.1) is 9.39 Å². The molecule has 0 spiro atoms. The van der Waals surface area contributed by atoms with Crippen molar-refractivity contribution < 1.29 is 9.18 Å². The van der Waals surface area contributed by atoms with E-state index in [1.165, 1.54) is 28.3 Å². The van der Waals surface area contributed by atoms with Crippen LogP contribution < -0.4 is 5.32 Å². The number of hydrogen-bond acceptors (Lipinski definition) is 2. The summed E-state index contributed by atoms with van der Waals surface area (Å²) in [5.41, 5.74) is 0.633. The zero-order valence-electron chi connectivity index (χ0n) is 9.67. The van der Waals surface area contributed by atoms with E-state index < -0.39 is 0 Å². The van der Waals surface area contributed by atoms with Crippen molar-refractivity contribution in [1.29, 1.82) is 0 Å². The maximum absolute atomic E-state index is 12.9. The number of nitrogens with one attached hydrogen (secondary N) is 1. The SMILES string of the molecule is CCc1ccc(C(=O)Nc2ccc(F)cc2I)s1. The fourth-order valence-electron chi connectivity index (χ4n) is 1.46. The van der Waals surface area contributed by atoms with Crippen LogP contribution in [0.4, 0.5) is 10.1 Å². The van der Waals surface area contributed by atoms with Crippen LogP contribution in [0.5, 0.6) is 0 Å². The van der Waals surface area contributed by atoms with Crippen LogP contribution in [-0.2, 0) is 6.42 Å². The highest BCUT2D eigenvalue weighted by molar-refractivity contribution is 14.1. The van der Waals surface area contributed by atoms with Gasteiger partial charge >= 0.3 is 0 Å². The van der Waals surface area contributed by atoms with Gasteiger partial charge in [-0.3, -0.25) is 4.79 Å². The van der Waals surface area contributed by atoms with Gasteiger partial charge in [-0.2, -0.15) is 0 Å². The summed E-state index contributed by atoms with van der Waals surface area (Å²) in [6.45, 7) is 2.05. The lowest BCUT2D eigenvalue weighted by Crippen LogP contribution is -2.11. The number of carbonyl (C=O) groups excluding carboxylic acids is 1. The van der Waals surface area contributed by atoms with Gasteiger partial charge in [0.2, 0.25) is 0 Å². The van der Waals surface area contributed by atoms with E-state index in [-0.39, 0.29) is 11.7 Å². The standard InChI is InChI=1S/C13H11FINOS/c1-2-9-4-6-12(18-9)13(17)16-11-5-3-8(14)7-10(11)15/h3-7H,2H2,1H3,(H,16,17). The highest BCUT2D eigenvalue weighted by atomic mass is 127. The second kappa shape index (κ2) is 5.79. The van der Waals surface area contributed by atoms with E-state index >= 15 is 0 Å². The van der Waals surface area contributed by atoms with Crippen LogP contribution >= 0.6 is 33.9 Å². The molecule has 0 atom stereocenters. The lowest BCUT2D eigenvalue weighted by atomic mass is 10.3. The van der Waals surface area contributed by atoms with Gasteiger partial charge in [-0.1, -0.05) is 6.92 Å². The summed E-state index contributed by atoms with van der Waals surface area (Å²) in [6.07, 6.45) is 0.923. The van der Waals surface area contributed by atoms with Gasteiger partial charge in [0, 0.05) is 8.45 Å². The third-order valence-corrected chi connectivity index (χ3v) is 4.53. The predicted octanol–water partition coefficient (Wildman–Crippen LogP) is 4.31. The number of halogens is 2. The quantitative estimate of drug-likeness (QED) is 0.797. The van der Waals surface area contributed by atoms with Gasteiger partial charge < -0.3 is 5.32 Å². The van der Waals surface area contributed by atoms with Crippen molar-refractivity contribution in [2.75, 3.05) is 5.32 Å². The summed E-state index contributed by atoms with van der Waals surface area (Å²) in [4.78, 5) is 13.8. The molecule has 1 aromatic carbocycles. The summed E-state index contributed by atoms with van der Waals surface area (Å²) in [6, 6.07) is 8.07. The molecule has 1 heterocycles. The molecule has 0 unspecified atom stereocenters. The molecule has 0 aliphatic carbocycles. The van der Waals surface area contributed by atoms with E-state index in [4.69, 9.17) is 0 Å². The number of thiophene rings is 1. The molecule has 0 fully saturated rings. The number of rotatable bonds is 3. The zero-order chi connectivity index (χ0) is 13.1. The molecule has 0 aliphatic heterocycles. The first-order chi connectivity index (χ1) is 8.60. The monoisotopic (exact) mass is 375 g/mol. The van der Waals surface area contributed by atoms with E-state index in [1.807, 2.05) is 34.7 Å². The van der Waals surface area contributed by atoms with E-state index in [9.17, 15) is 9.18 Å². The molecule has 0 saturated heterocycles. The van der Waals surface area contributed by atoms with Crippen molar-refractivity contribution in [3.63, 3.8) is 0 Å². The molecule has 0 aliphatic rings. The molecule has 1 N–H and O–H groups in total. The topological polar surface area (TPSA) is 29.1 Å². The highest BCUT2D eigenvalue weighted by Crippen LogP contribution is 2.22. The normalized spacial score (nSPS) is 10.4. The highest BCUT2D eigenvalue weighted by Gasteiger charge is 2.11. The molecule has 2 nitrogen and oxygen atoms in total. The number of amides is 1. The molecule has 0 radical (unpaired) electrons. The average molecular weight is 375 g/mol. The van der Waals surface area contributed by atoms with E-state index in [0.717, 1.165) is 6.42 Å². The third kappa shape index (κ3) is 3.08. The minimum absolute atomic E-state index is 0.149. The van der Waals surface area contributed by atoms with Gasteiger partial charge in [-0.15, -0.1) is 11.3 Å². The van der Waals surface area contributed by atoms with Crippen molar-refractivity contribution >= 4 is 45.5 Å². The van der Waals surface area contributed by atoms with Gasteiger partial charge in [-0.25, -0.2) is 4.39 Å². The van der Waals surface area contributed by atoms with E-state index in [0.29, 0.717) is 14.1 Å². The number of hydrogen-bond donors (Lipinski definition) is 1. The molecule has 18 heavy (non-hydrogen) atoms. The molecule has 2 aromatic rings. The zero-order valence-corrected chi connectivity index (χ0v) is 12.6. The Bertz CT molecular complexity index is 582. The lowest BCUT2D eigenvalue weighted by molar-refractivity contribution is 0.103. The smallest absolute Gasteiger partial charge is 0.265 e. The van der Waals surface area contributed by atoms with Gasteiger partial charge in [0.05, 0.1) is 10.6 Å². The van der Waals surface area contributed by atoms with Gasteiger partial charge in [0.25, 0.3) is 5.91 Å². The molecular weight excluding hydrogens is 364 g/mol. The molecule has 5 heteroatoms. The maximum atomic E-state index is 12.9. The molecule has 0 bridgehead atoms. The van der Waals surface area contributed by atoms with E-state index in [1.54, 1.807) is 6.07 Å². The number of benzene rings is 1. The number of aryl methyl sites for hydroxylation is 1. The number of carbonyl (C=O) groups is 1. The van der Waals surface area contributed by atoms with Crippen molar-refractivity contribution in [3.05, 3.63) is 49.5 Å². The Morgan fingerprint density at radius 3 is 2.78 bits per heavy atom. The predicted molar refractivity (Wildman–Crippen MR) is 80.8 cm³/mol. The maximum Gasteiger partial charge on any atom is 0.265 e. The van der Waals surface area contributed by atoms with Gasteiger partial charge in [0.1, 0.15) is 5.82 Å². The van der Waals surface area contributed by atoms with Crippen LogP contribution in [0.15, 0.2) is 30.3 Å². The first-order valence-electron chi connectivity index (χ1n) is 5.45. The third-order valence-electron chi connectivity index (χ3n) is 2.41. The first-order valence-corrected chi connectivity index (χ1v) is 7.34. The minimum atomic E-state index is -0.304. The van der Waals surface area contributed by atoms with E-state index in [2.05, 4.69) is 12.2 Å². The van der Waals surface area contributed by atoms with Crippen LogP contribution in [0.1, 0.15) is 21.5 Å². The summed E-state index contributed by atoms with van der Waals surface area (Å²) in [5, 5.41) is 2.79. The van der Waals surface area contributed by atoms with Crippen LogP contribution in [0.2, 0.25) is 0 Å². The van der Waals surface area contributed by atoms with Gasteiger partial charge in [0.15, 0.2) is 0 Å². The second-order valence-electron chi connectivity index (χ2n) is 3.70. The van der Waals surface area contributed by atoms with Crippen LogP contribution in [0.3, 0.4) is 0 Å². The summed E-state index contributed by atoms with van der Waals surface area (Å²) in [7, 11) is 0. The summed E-state index contributed by atoms with van der Waals surface area (Å²) >= 11 is 3.48. The van der Waals surface area contributed by atoms with Crippen molar-refractivity contribution in [2.45, 2.75) is 13.3 Å². The van der Waals surface area contributed by atoms with Crippen LogP contribution in [-0.4, -0.2) is 5.91 Å². The van der Waals surface area contributed by atoms with Crippen molar-refractivity contribution in [2.24, 2.45) is 0 Å². The Labute approximate surface area is 122 Å². The van der Waals surface area contributed by atoms with Gasteiger partial charge in [-0.05, 0) is 59.3 Å².